The summed E-state index contributed by atoms with van der Waals surface area (Å²) in [4.78, 5) is 11.0. The van der Waals surface area contributed by atoms with E-state index in [-0.39, 0.29) is 11.3 Å². The fraction of sp³-hybridized carbons (Fsp3) is 0.222. The van der Waals surface area contributed by atoms with E-state index in [1.54, 1.807) is 6.92 Å². The zero-order valence-electron chi connectivity index (χ0n) is 6.85. The minimum atomic E-state index is -0.541. The van der Waals surface area contributed by atoms with Crippen molar-refractivity contribution in [3.63, 3.8) is 0 Å². The van der Waals surface area contributed by atoms with Gasteiger partial charge >= 0.3 is 0 Å². The fourth-order valence-corrected chi connectivity index (χ4v) is 1.32. The van der Waals surface area contributed by atoms with Crippen LogP contribution in [-0.2, 0) is 0 Å². The van der Waals surface area contributed by atoms with Crippen molar-refractivity contribution in [3.05, 3.63) is 34.6 Å². The first-order valence-electron chi connectivity index (χ1n) is 3.65. The molecule has 0 radical (unpaired) electrons. The number of carbonyl (C=O) groups excluding carboxylic acids is 1. The molecule has 0 bridgehead atoms. The second-order valence-corrected chi connectivity index (χ2v) is 4.41. The molecule has 0 spiro atoms. The van der Waals surface area contributed by atoms with Crippen LogP contribution in [0.4, 0.5) is 4.39 Å². The Kier molecular flexibility index (Phi) is 3.45. The number of benzene rings is 1. The second kappa shape index (κ2) is 4.20. The summed E-state index contributed by atoms with van der Waals surface area (Å²) in [5.41, 5.74) is 0.0249. The van der Waals surface area contributed by atoms with Crippen LogP contribution in [0.1, 0.15) is 17.3 Å². The largest absolute Gasteiger partial charge is 0.293 e. The van der Waals surface area contributed by atoms with E-state index in [0.29, 0.717) is 5.02 Å². The summed E-state index contributed by atoms with van der Waals surface area (Å²) in [5, 5.41) is 0.359. The minimum Gasteiger partial charge on any atom is -0.293 e. The molecule has 1 nitrogen and oxygen atoms in total. The van der Waals surface area contributed by atoms with Gasteiger partial charge in [0.1, 0.15) is 5.82 Å². The van der Waals surface area contributed by atoms with Crippen molar-refractivity contribution in [2.45, 2.75) is 11.8 Å². The molecule has 0 aliphatic rings. The molecule has 70 valence electrons. The topological polar surface area (TPSA) is 17.1 Å². The van der Waals surface area contributed by atoms with Crippen molar-refractivity contribution >= 4 is 33.3 Å². The summed E-state index contributed by atoms with van der Waals surface area (Å²) in [6.45, 7) is 1.64. The number of hydrogen-bond acceptors (Lipinski definition) is 1. The maximum Gasteiger partial charge on any atom is 0.179 e. The molecule has 1 atom stereocenters. The lowest BCUT2D eigenvalue weighted by Crippen LogP contribution is -2.11. The Morgan fingerprint density at radius 1 is 1.62 bits per heavy atom. The Bertz CT molecular complexity index is 338. The predicted molar refractivity (Wildman–Crippen MR) is 54.1 cm³/mol. The maximum atomic E-state index is 13.1. The van der Waals surface area contributed by atoms with E-state index in [1.165, 1.54) is 18.2 Å². The Morgan fingerprint density at radius 2 is 2.23 bits per heavy atom. The predicted octanol–water partition coefficient (Wildman–Crippen LogP) is 3.45. The van der Waals surface area contributed by atoms with Gasteiger partial charge in [0, 0.05) is 5.02 Å². The highest BCUT2D eigenvalue weighted by Crippen LogP contribution is 2.18. The third kappa shape index (κ3) is 2.51. The zero-order chi connectivity index (χ0) is 10.0. The van der Waals surface area contributed by atoms with Crippen LogP contribution in [0, 0.1) is 5.82 Å². The van der Waals surface area contributed by atoms with E-state index >= 15 is 0 Å². The molecule has 0 saturated heterocycles. The Labute approximate surface area is 89.0 Å². The molecule has 1 aromatic carbocycles. The average molecular weight is 266 g/mol. The first-order valence-corrected chi connectivity index (χ1v) is 4.95. The van der Waals surface area contributed by atoms with Crippen molar-refractivity contribution in [3.8, 4) is 0 Å². The standard InChI is InChI=1S/C9H7BrClFO/c1-5(10)9(13)7-4-6(11)2-3-8(7)12/h2-5H,1H3. The van der Waals surface area contributed by atoms with Crippen molar-refractivity contribution in [1.29, 1.82) is 0 Å². The van der Waals surface area contributed by atoms with Gasteiger partial charge in [-0.25, -0.2) is 4.39 Å². The molecule has 0 heterocycles. The van der Waals surface area contributed by atoms with E-state index < -0.39 is 10.6 Å². The third-order valence-corrected chi connectivity index (χ3v) is 2.21. The van der Waals surface area contributed by atoms with E-state index in [1.807, 2.05) is 0 Å². The quantitative estimate of drug-likeness (QED) is 0.591. The molecule has 0 amide bonds. The van der Waals surface area contributed by atoms with Crippen LogP contribution in [0.5, 0.6) is 0 Å². The molecular weight excluding hydrogens is 258 g/mol. The average Bonchev–Trinajstić information content (AvgIpc) is 2.08. The van der Waals surface area contributed by atoms with Gasteiger partial charge in [0.15, 0.2) is 5.78 Å². The first-order chi connectivity index (χ1) is 6.02. The van der Waals surface area contributed by atoms with Crippen LogP contribution < -0.4 is 0 Å². The number of rotatable bonds is 2. The first kappa shape index (κ1) is 10.7. The monoisotopic (exact) mass is 264 g/mol. The summed E-state index contributed by atoms with van der Waals surface area (Å²) >= 11 is 8.71. The number of hydrogen-bond donors (Lipinski definition) is 0. The van der Waals surface area contributed by atoms with E-state index in [9.17, 15) is 9.18 Å². The van der Waals surface area contributed by atoms with Crippen LogP contribution in [0.25, 0.3) is 0 Å². The summed E-state index contributed by atoms with van der Waals surface area (Å²) < 4.78 is 13.1. The van der Waals surface area contributed by atoms with Gasteiger partial charge in [0.2, 0.25) is 0 Å². The number of Topliss-reactive ketones (excluding diaryl/α,β-unsaturated/α-hetero) is 1. The van der Waals surface area contributed by atoms with Crippen LogP contribution >= 0.6 is 27.5 Å². The molecule has 0 fully saturated rings. The molecule has 1 aromatic rings. The molecule has 0 saturated carbocycles. The maximum absolute atomic E-state index is 13.1. The van der Waals surface area contributed by atoms with Gasteiger partial charge in [0.25, 0.3) is 0 Å². The molecule has 0 N–H and O–H groups in total. The highest BCUT2D eigenvalue weighted by Gasteiger charge is 2.16. The van der Waals surface area contributed by atoms with Gasteiger partial charge in [-0.3, -0.25) is 4.79 Å². The summed E-state index contributed by atoms with van der Waals surface area (Å²) in [5.74, 6) is -0.847. The van der Waals surface area contributed by atoms with Gasteiger partial charge in [0.05, 0.1) is 10.4 Å². The van der Waals surface area contributed by atoms with Crippen molar-refractivity contribution < 1.29 is 9.18 Å². The van der Waals surface area contributed by atoms with Gasteiger partial charge in [-0.2, -0.15) is 0 Å². The lowest BCUT2D eigenvalue weighted by Gasteiger charge is -2.04. The molecule has 0 aliphatic carbocycles. The molecule has 1 rings (SSSR count). The smallest absolute Gasteiger partial charge is 0.179 e. The zero-order valence-corrected chi connectivity index (χ0v) is 9.19. The lowest BCUT2D eigenvalue weighted by molar-refractivity contribution is 0.0992. The Hall–Kier alpha value is -0.410. The van der Waals surface area contributed by atoms with Crippen molar-refractivity contribution in [2.75, 3.05) is 0 Å². The van der Waals surface area contributed by atoms with E-state index in [4.69, 9.17) is 11.6 Å². The summed E-state index contributed by atoms with van der Waals surface area (Å²) in [6, 6.07) is 3.93. The fourth-order valence-electron chi connectivity index (χ4n) is 0.901. The number of halogens is 3. The molecule has 0 aromatic heterocycles. The van der Waals surface area contributed by atoms with E-state index in [0.717, 1.165) is 0 Å². The van der Waals surface area contributed by atoms with Crippen LogP contribution in [0.3, 0.4) is 0 Å². The number of ketones is 1. The number of alkyl halides is 1. The number of carbonyl (C=O) groups is 1. The van der Waals surface area contributed by atoms with Gasteiger partial charge in [-0.1, -0.05) is 27.5 Å². The molecule has 0 aliphatic heterocycles. The van der Waals surface area contributed by atoms with Crippen LogP contribution in [0.2, 0.25) is 5.02 Å². The highest BCUT2D eigenvalue weighted by molar-refractivity contribution is 9.10. The molecular formula is C9H7BrClFO. The molecule has 1 unspecified atom stereocenters. The Balaban J connectivity index is 3.13. The Morgan fingerprint density at radius 3 is 2.77 bits per heavy atom. The van der Waals surface area contributed by atoms with Crippen molar-refractivity contribution in [2.24, 2.45) is 0 Å². The summed E-state index contributed by atoms with van der Waals surface area (Å²) in [7, 11) is 0. The molecule has 13 heavy (non-hydrogen) atoms. The normalized spacial score (nSPS) is 12.6. The van der Waals surface area contributed by atoms with Crippen LogP contribution in [0.15, 0.2) is 18.2 Å². The van der Waals surface area contributed by atoms with Crippen LogP contribution in [-0.4, -0.2) is 10.6 Å². The highest BCUT2D eigenvalue weighted by atomic mass is 79.9. The lowest BCUT2D eigenvalue weighted by atomic mass is 10.1. The summed E-state index contributed by atoms with van der Waals surface area (Å²) in [6.07, 6.45) is 0. The van der Waals surface area contributed by atoms with Gasteiger partial charge in [-0.05, 0) is 25.1 Å². The minimum absolute atomic E-state index is 0.0249. The third-order valence-electron chi connectivity index (χ3n) is 1.56. The second-order valence-electron chi connectivity index (χ2n) is 2.60. The van der Waals surface area contributed by atoms with Crippen molar-refractivity contribution in [1.82, 2.24) is 0 Å². The molecule has 4 heteroatoms. The van der Waals surface area contributed by atoms with E-state index in [2.05, 4.69) is 15.9 Å². The SMILES string of the molecule is CC(Br)C(=O)c1cc(Cl)ccc1F. The van der Waals surface area contributed by atoms with Gasteiger partial charge < -0.3 is 0 Å². The van der Waals surface area contributed by atoms with Gasteiger partial charge in [-0.15, -0.1) is 0 Å².